The number of para-hydroxylation sites is 1. The van der Waals surface area contributed by atoms with Crippen LogP contribution in [-0.2, 0) is 17.8 Å². The number of benzene rings is 2. The monoisotopic (exact) mass is 435 g/mol. The summed E-state index contributed by atoms with van der Waals surface area (Å²) < 4.78 is 2.40. The number of thiazole rings is 1. The average Bonchev–Trinajstić information content (AvgIpc) is 3.29. The minimum Gasteiger partial charge on any atom is -0.286 e. The molecule has 0 N–H and O–H groups in total. The molecule has 2 heterocycles. The number of amides is 1. The van der Waals surface area contributed by atoms with Crippen molar-refractivity contribution in [2.24, 2.45) is 0 Å². The summed E-state index contributed by atoms with van der Waals surface area (Å²) >= 11 is 1.45. The highest BCUT2D eigenvalue weighted by atomic mass is 32.1. The Morgan fingerprint density at radius 1 is 1.13 bits per heavy atom. The molecule has 0 atom stereocenters. The number of hydrogen-bond acceptors (Lipinski definition) is 6. The summed E-state index contributed by atoms with van der Waals surface area (Å²) in [7, 11) is 0. The molecular weight excluding hydrogens is 414 g/mol. The van der Waals surface area contributed by atoms with Crippen LogP contribution in [0.15, 0.2) is 54.6 Å². The van der Waals surface area contributed by atoms with Crippen LogP contribution in [0.4, 0.5) is 10.8 Å². The predicted molar refractivity (Wildman–Crippen MR) is 120 cm³/mol. The van der Waals surface area contributed by atoms with Gasteiger partial charge in [-0.1, -0.05) is 53.8 Å². The van der Waals surface area contributed by atoms with Crippen molar-refractivity contribution in [2.45, 2.75) is 26.8 Å². The second-order valence-electron chi connectivity index (χ2n) is 7.18. The first-order chi connectivity index (χ1) is 14.9. The van der Waals surface area contributed by atoms with E-state index in [2.05, 4.69) is 10.1 Å². The molecule has 9 heteroatoms. The van der Waals surface area contributed by atoms with Crippen LogP contribution in [0.3, 0.4) is 0 Å². The number of nitrogens with zero attached hydrogens (tertiary/aromatic N) is 5. The number of anilines is 1. The number of fused-ring (bicyclic) bond motifs is 1. The molecule has 4 aromatic rings. The molecule has 31 heavy (non-hydrogen) atoms. The van der Waals surface area contributed by atoms with Crippen molar-refractivity contribution in [2.75, 3.05) is 11.4 Å². The van der Waals surface area contributed by atoms with Gasteiger partial charge in [0.05, 0.1) is 15.1 Å². The van der Waals surface area contributed by atoms with Gasteiger partial charge in [0.15, 0.2) is 5.13 Å². The van der Waals surface area contributed by atoms with E-state index in [1.54, 1.807) is 18.7 Å². The molecule has 0 aliphatic carbocycles. The maximum absolute atomic E-state index is 13.3. The van der Waals surface area contributed by atoms with Gasteiger partial charge >= 0.3 is 5.69 Å². The topological polar surface area (TPSA) is 94.2 Å². The van der Waals surface area contributed by atoms with Crippen LogP contribution in [0.2, 0.25) is 0 Å². The van der Waals surface area contributed by atoms with Crippen LogP contribution in [0.1, 0.15) is 17.0 Å². The van der Waals surface area contributed by atoms with E-state index < -0.39 is 4.92 Å². The zero-order chi connectivity index (χ0) is 22.0. The van der Waals surface area contributed by atoms with Gasteiger partial charge in [0, 0.05) is 6.54 Å². The molecule has 0 saturated carbocycles. The van der Waals surface area contributed by atoms with E-state index in [9.17, 15) is 14.9 Å². The maximum Gasteiger partial charge on any atom is 0.312 e. The second-order valence-corrected chi connectivity index (χ2v) is 8.19. The third-order valence-corrected chi connectivity index (χ3v) is 6.15. The fourth-order valence-corrected chi connectivity index (χ4v) is 4.52. The smallest absolute Gasteiger partial charge is 0.286 e. The van der Waals surface area contributed by atoms with Gasteiger partial charge in [-0.2, -0.15) is 5.10 Å². The summed E-state index contributed by atoms with van der Waals surface area (Å²) in [5.41, 5.74) is 2.56. The molecule has 0 radical (unpaired) electrons. The third kappa shape index (κ3) is 4.31. The van der Waals surface area contributed by atoms with E-state index in [0.29, 0.717) is 29.5 Å². The van der Waals surface area contributed by atoms with E-state index in [0.717, 1.165) is 15.8 Å². The molecule has 158 valence electrons. The highest BCUT2D eigenvalue weighted by Gasteiger charge is 2.26. The van der Waals surface area contributed by atoms with Crippen molar-refractivity contribution in [1.82, 2.24) is 14.8 Å². The van der Waals surface area contributed by atoms with E-state index in [1.165, 1.54) is 16.0 Å². The summed E-state index contributed by atoms with van der Waals surface area (Å²) in [6, 6.07) is 17.7. The molecule has 1 amide bonds. The number of rotatable bonds is 7. The Bertz CT molecular complexity index is 1220. The van der Waals surface area contributed by atoms with E-state index in [1.807, 2.05) is 54.6 Å². The largest absolute Gasteiger partial charge is 0.312 e. The van der Waals surface area contributed by atoms with Crippen molar-refractivity contribution >= 4 is 38.3 Å². The first kappa shape index (κ1) is 20.7. The van der Waals surface area contributed by atoms with Crippen LogP contribution >= 0.6 is 11.3 Å². The highest BCUT2D eigenvalue weighted by Crippen LogP contribution is 2.29. The summed E-state index contributed by atoms with van der Waals surface area (Å²) in [5.74, 6) is -0.213. The van der Waals surface area contributed by atoms with Crippen LogP contribution in [0.5, 0.6) is 0 Å². The zero-order valence-corrected chi connectivity index (χ0v) is 18.0. The van der Waals surface area contributed by atoms with Gasteiger partial charge in [0.25, 0.3) is 5.91 Å². The van der Waals surface area contributed by atoms with Gasteiger partial charge < -0.3 is 0 Å². The standard InChI is InChI=1S/C22H21N5O3S/c1-15-21(27(29)30)16(2)26(24-15)14-20(28)25(13-12-17-8-4-3-5-9-17)22-23-18-10-6-7-11-19(18)31-22/h3-11H,12-14H2,1-2H3. The minimum absolute atomic E-state index is 0.0522. The Morgan fingerprint density at radius 2 is 1.84 bits per heavy atom. The lowest BCUT2D eigenvalue weighted by Crippen LogP contribution is -2.36. The molecule has 0 spiro atoms. The fourth-order valence-electron chi connectivity index (χ4n) is 3.51. The van der Waals surface area contributed by atoms with E-state index in [-0.39, 0.29) is 18.1 Å². The van der Waals surface area contributed by atoms with Crippen molar-refractivity contribution in [3.05, 3.63) is 81.7 Å². The van der Waals surface area contributed by atoms with Gasteiger partial charge in [0.2, 0.25) is 0 Å². The fraction of sp³-hybridized carbons (Fsp3) is 0.227. The molecule has 8 nitrogen and oxygen atoms in total. The number of aryl methyl sites for hydroxylation is 1. The maximum atomic E-state index is 13.3. The molecule has 0 saturated heterocycles. The van der Waals surface area contributed by atoms with Crippen molar-refractivity contribution in [3.8, 4) is 0 Å². The summed E-state index contributed by atoms with van der Waals surface area (Å²) in [6.45, 7) is 3.54. The van der Waals surface area contributed by atoms with Crippen molar-refractivity contribution in [1.29, 1.82) is 0 Å². The quantitative estimate of drug-likeness (QED) is 0.319. The molecule has 0 aliphatic rings. The van der Waals surface area contributed by atoms with Crippen LogP contribution < -0.4 is 4.90 Å². The first-order valence-corrected chi connectivity index (χ1v) is 10.6. The number of carbonyl (C=O) groups excluding carboxylic acids is 1. The van der Waals surface area contributed by atoms with Gasteiger partial charge in [-0.15, -0.1) is 0 Å². The van der Waals surface area contributed by atoms with Crippen LogP contribution in [0.25, 0.3) is 10.2 Å². The first-order valence-electron chi connectivity index (χ1n) is 9.82. The minimum atomic E-state index is -0.459. The lowest BCUT2D eigenvalue weighted by atomic mass is 10.1. The predicted octanol–water partition coefficient (Wildman–Crippen LogP) is 4.29. The van der Waals surface area contributed by atoms with Gasteiger partial charge in [-0.3, -0.25) is 24.5 Å². The lowest BCUT2D eigenvalue weighted by molar-refractivity contribution is -0.386. The molecule has 0 fully saturated rings. The molecule has 4 rings (SSSR count). The molecule has 2 aromatic carbocycles. The molecular formula is C22H21N5O3S. The highest BCUT2D eigenvalue weighted by molar-refractivity contribution is 7.22. The SMILES string of the molecule is Cc1nn(CC(=O)N(CCc2ccccc2)c2nc3ccccc3s2)c(C)c1[N+](=O)[O-]. The Morgan fingerprint density at radius 3 is 2.52 bits per heavy atom. The van der Waals surface area contributed by atoms with Gasteiger partial charge in [-0.05, 0) is 38.0 Å². The number of carbonyl (C=O) groups is 1. The summed E-state index contributed by atoms with van der Waals surface area (Å²) in [4.78, 5) is 30.5. The second kappa shape index (κ2) is 8.65. The Kier molecular flexibility index (Phi) is 5.77. The molecule has 0 bridgehead atoms. The van der Waals surface area contributed by atoms with Crippen molar-refractivity contribution in [3.63, 3.8) is 0 Å². The summed E-state index contributed by atoms with van der Waals surface area (Å²) in [5, 5.41) is 16.1. The molecule has 0 aliphatic heterocycles. The number of aromatic nitrogens is 3. The molecule has 2 aromatic heterocycles. The lowest BCUT2D eigenvalue weighted by Gasteiger charge is -2.20. The zero-order valence-electron chi connectivity index (χ0n) is 17.2. The van der Waals surface area contributed by atoms with E-state index >= 15 is 0 Å². The van der Waals surface area contributed by atoms with Crippen LogP contribution in [0, 0.1) is 24.0 Å². The Hall–Kier alpha value is -3.59. The number of hydrogen-bond donors (Lipinski definition) is 0. The Balaban J connectivity index is 1.64. The third-order valence-electron chi connectivity index (χ3n) is 5.09. The van der Waals surface area contributed by atoms with Gasteiger partial charge in [0.1, 0.15) is 17.9 Å². The van der Waals surface area contributed by atoms with Gasteiger partial charge in [-0.25, -0.2) is 4.98 Å². The molecule has 0 unspecified atom stereocenters. The number of nitro groups is 1. The average molecular weight is 436 g/mol. The van der Waals surface area contributed by atoms with Crippen LogP contribution in [-0.4, -0.2) is 32.1 Å². The van der Waals surface area contributed by atoms with E-state index in [4.69, 9.17) is 0 Å². The summed E-state index contributed by atoms with van der Waals surface area (Å²) in [6.07, 6.45) is 0.666. The Labute approximate surface area is 182 Å². The van der Waals surface area contributed by atoms with Crippen molar-refractivity contribution < 1.29 is 9.72 Å². The normalized spacial score (nSPS) is 11.0.